The van der Waals surface area contributed by atoms with Crippen molar-refractivity contribution in [3.8, 4) is 0 Å². The van der Waals surface area contributed by atoms with E-state index in [1.165, 1.54) is 6.92 Å². The number of halogens is 4. The third-order valence-corrected chi connectivity index (χ3v) is 3.87. The van der Waals surface area contributed by atoms with E-state index >= 15 is 0 Å². The molecule has 0 aromatic carbocycles. The molecule has 0 aliphatic carbocycles. The molecular weight excluding hydrogens is 437 g/mol. The Bertz CT molecular complexity index is 537. The first-order valence-corrected chi connectivity index (χ1v) is 10.3. The normalized spacial score (nSPS) is 24.5. The first-order chi connectivity index (χ1) is 10.4. The van der Waals surface area contributed by atoms with Crippen molar-refractivity contribution < 1.29 is 22.4 Å². The van der Waals surface area contributed by atoms with Gasteiger partial charge in [-0.15, -0.1) is 0 Å². The maximum Gasteiger partial charge on any atom is 0.351 e. The Morgan fingerprint density at radius 3 is 2.91 bits per heavy atom. The lowest BCUT2D eigenvalue weighted by molar-refractivity contribution is -0.0341. The maximum absolute atomic E-state index is 13.8. The van der Waals surface area contributed by atoms with Crippen molar-refractivity contribution in [2.75, 3.05) is 19.0 Å². The summed E-state index contributed by atoms with van der Waals surface area (Å²) in [6.45, 7) is 1.68. The van der Waals surface area contributed by atoms with E-state index < -0.39 is 35.8 Å². The SMILES string of the molecule is CCF.Nc1nc(=O)n(C2OC(COPI)CC2F)cc1F. The van der Waals surface area contributed by atoms with Crippen molar-refractivity contribution in [3.05, 3.63) is 22.5 Å². The Hall–Kier alpha value is -0.450. The summed E-state index contributed by atoms with van der Waals surface area (Å²) in [7, 11) is 0. The Balaban J connectivity index is 0.000000745. The molecule has 0 spiro atoms. The molecule has 4 unspecified atom stereocenters. The first-order valence-electron chi connectivity index (χ1n) is 6.31. The number of alkyl halides is 2. The highest BCUT2D eigenvalue weighted by Gasteiger charge is 2.37. The van der Waals surface area contributed by atoms with E-state index in [1.807, 2.05) is 22.0 Å². The van der Waals surface area contributed by atoms with Gasteiger partial charge in [-0.1, -0.05) is 0 Å². The average Bonchev–Trinajstić information content (AvgIpc) is 2.82. The predicted molar refractivity (Wildman–Crippen MR) is 86.2 cm³/mol. The fourth-order valence-corrected chi connectivity index (χ4v) is 2.61. The van der Waals surface area contributed by atoms with Crippen molar-refractivity contribution in [1.29, 1.82) is 0 Å². The highest BCUT2D eigenvalue weighted by Crippen LogP contribution is 2.32. The third-order valence-electron chi connectivity index (χ3n) is 2.66. The van der Waals surface area contributed by atoms with E-state index in [0.717, 1.165) is 10.8 Å². The lowest BCUT2D eigenvalue weighted by Gasteiger charge is -2.16. The molecule has 6 nitrogen and oxygen atoms in total. The standard InChI is InChI=1S/C9H11F2IN3O3P.C2H5F/c10-5-1-4(3-17-19-12)18-8(5)15-2-6(11)7(13)14-9(15)16;1-2-3/h2,4-5,8,19H,1,3H2,(H2,13,14,16);2H2,1H3. The molecule has 4 atom stereocenters. The second-order valence-corrected chi connectivity index (χ2v) is 5.98. The number of nitrogens with two attached hydrogens (primary N) is 1. The summed E-state index contributed by atoms with van der Waals surface area (Å²) in [6.07, 6.45) is -2.18. The summed E-state index contributed by atoms with van der Waals surface area (Å²) in [5.74, 6) is -1.40. The fourth-order valence-electron chi connectivity index (χ4n) is 1.82. The van der Waals surface area contributed by atoms with E-state index in [4.69, 9.17) is 15.0 Å². The monoisotopic (exact) mass is 453 g/mol. The minimum absolute atomic E-state index is 0.0875. The molecular formula is C11H16F3IN3O3P. The zero-order valence-electron chi connectivity index (χ0n) is 11.6. The fraction of sp³-hybridized carbons (Fsp3) is 0.636. The van der Waals surface area contributed by atoms with Gasteiger partial charge in [-0.3, -0.25) is 8.96 Å². The number of hydrogen-bond acceptors (Lipinski definition) is 5. The highest BCUT2D eigenvalue weighted by atomic mass is 127. The van der Waals surface area contributed by atoms with Gasteiger partial charge in [0.05, 0.1) is 32.0 Å². The summed E-state index contributed by atoms with van der Waals surface area (Å²) in [5.41, 5.74) is 4.32. The Morgan fingerprint density at radius 1 is 1.68 bits per heavy atom. The lowest BCUT2D eigenvalue weighted by atomic mass is 10.2. The molecule has 126 valence electrons. The first kappa shape index (κ1) is 19.6. The molecule has 0 amide bonds. The lowest BCUT2D eigenvalue weighted by Crippen LogP contribution is -2.31. The second-order valence-electron chi connectivity index (χ2n) is 4.22. The van der Waals surface area contributed by atoms with Gasteiger partial charge in [0.15, 0.2) is 17.9 Å². The largest absolute Gasteiger partial charge is 0.381 e. The van der Waals surface area contributed by atoms with Crippen LogP contribution in [0.3, 0.4) is 0 Å². The predicted octanol–water partition coefficient (Wildman–Crippen LogP) is 2.53. The molecule has 22 heavy (non-hydrogen) atoms. The van der Waals surface area contributed by atoms with Gasteiger partial charge >= 0.3 is 5.69 Å². The van der Waals surface area contributed by atoms with Gasteiger partial charge in [0.25, 0.3) is 0 Å². The van der Waals surface area contributed by atoms with E-state index in [2.05, 4.69) is 4.98 Å². The number of anilines is 1. The summed E-state index contributed by atoms with van der Waals surface area (Å²) in [6, 6.07) is 0. The molecule has 0 bridgehead atoms. The molecule has 2 N–H and O–H groups in total. The van der Waals surface area contributed by atoms with Gasteiger partial charge in [-0.05, 0) is 29.0 Å². The van der Waals surface area contributed by atoms with Crippen LogP contribution < -0.4 is 11.4 Å². The van der Waals surface area contributed by atoms with E-state index in [-0.39, 0.29) is 26.2 Å². The van der Waals surface area contributed by atoms with Crippen molar-refractivity contribution in [3.63, 3.8) is 0 Å². The number of nitrogens with zero attached hydrogens (tertiary/aromatic N) is 2. The summed E-state index contributed by atoms with van der Waals surface area (Å²) < 4.78 is 48.7. The molecule has 1 aliphatic heterocycles. The van der Waals surface area contributed by atoms with Crippen molar-refractivity contribution in [2.45, 2.75) is 31.8 Å². The van der Waals surface area contributed by atoms with Crippen LogP contribution in [0.25, 0.3) is 0 Å². The molecule has 0 saturated carbocycles. The maximum atomic E-state index is 13.8. The molecule has 11 heteroatoms. The number of hydrogen-bond donors (Lipinski definition) is 1. The molecule has 1 aromatic rings. The number of ether oxygens (including phenoxy) is 1. The topological polar surface area (TPSA) is 79.4 Å². The molecule has 2 heterocycles. The van der Waals surface area contributed by atoms with Crippen LogP contribution in [-0.2, 0) is 9.26 Å². The highest BCUT2D eigenvalue weighted by molar-refractivity contribution is 14.2. The van der Waals surface area contributed by atoms with Crippen LogP contribution in [0.1, 0.15) is 19.6 Å². The van der Waals surface area contributed by atoms with Gasteiger partial charge in [-0.2, -0.15) is 4.98 Å². The van der Waals surface area contributed by atoms with Crippen molar-refractivity contribution in [2.24, 2.45) is 0 Å². The molecule has 1 saturated heterocycles. The number of nitrogen functional groups attached to an aromatic ring is 1. The van der Waals surface area contributed by atoms with Crippen LogP contribution in [0.5, 0.6) is 0 Å². The Kier molecular flexibility index (Phi) is 8.58. The zero-order valence-corrected chi connectivity index (χ0v) is 14.8. The third kappa shape index (κ3) is 5.32. The zero-order chi connectivity index (χ0) is 16.7. The quantitative estimate of drug-likeness (QED) is 0.560. The van der Waals surface area contributed by atoms with Gasteiger partial charge < -0.3 is 15.0 Å². The van der Waals surface area contributed by atoms with Gasteiger partial charge in [0.2, 0.25) is 0 Å². The summed E-state index contributed by atoms with van der Waals surface area (Å²) in [4.78, 5) is 14.8. The van der Waals surface area contributed by atoms with Gasteiger partial charge in [0, 0.05) is 6.42 Å². The smallest absolute Gasteiger partial charge is 0.351 e. The average molecular weight is 453 g/mol. The number of aromatic nitrogens is 2. The van der Waals surface area contributed by atoms with E-state index in [9.17, 15) is 18.0 Å². The molecule has 1 fully saturated rings. The van der Waals surface area contributed by atoms with E-state index in [1.54, 1.807) is 0 Å². The van der Waals surface area contributed by atoms with E-state index in [0.29, 0.717) is 0 Å². The van der Waals surface area contributed by atoms with Crippen LogP contribution in [-0.4, -0.2) is 35.1 Å². The minimum atomic E-state index is -1.42. The Morgan fingerprint density at radius 2 is 2.32 bits per heavy atom. The number of rotatable bonds is 4. The van der Waals surface area contributed by atoms with Crippen LogP contribution in [0.15, 0.2) is 11.0 Å². The van der Waals surface area contributed by atoms with Crippen LogP contribution in [0.2, 0.25) is 0 Å². The minimum Gasteiger partial charge on any atom is -0.381 e. The van der Waals surface area contributed by atoms with Crippen molar-refractivity contribution >= 4 is 34.3 Å². The molecule has 2 rings (SSSR count). The summed E-state index contributed by atoms with van der Waals surface area (Å²) in [5, 5.41) is 0. The van der Waals surface area contributed by atoms with Gasteiger partial charge in [-0.25, -0.2) is 13.6 Å². The van der Waals surface area contributed by atoms with Crippen LogP contribution in [0, 0.1) is 5.82 Å². The van der Waals surface area contributed by atoms with Crippen molar-refractivity contribution in [1.82, 2.24) is 9.55 Å². The summed E-state index contributed by atoms with van der Waals surface area (Å²) >= 11 is 2.04. The molecule has 1 aliphatic rings. The van der Waals surface area contributed by atoms with Gasteiger partial charge in [0.1, 0.15) is 6.17 Å². The Labute approximate surface area is 139 Å². The molecule has 0 radical (unpaired) electrons. The second kappa shape index (κ2) is 9.64. The molecule has 1 aromatic heterocycles. The van der Waals surface area contributed by atoms with Crippen LogP contribution in [0.4, 0.5) is 19.0 Å². The van der Waals surface area contributed by atoms with Crippen LogP contribution >= 0.6 is 28.5 Å².